The van der Waals surface area contributed by atoms with Crippen molar-refractivity contribution in [1.29, 1.82) is 0 Å². The molecule has 2 fully saturated rings. The van der Waals surface area contributed by atoms with E-state index in [4.69, 9.17) is 0 Å². The van der Waals surface area contributed by atoms with Crippen LogP contribution in [0.3, 0.4) is 0 Å². The number of amides is 2. The van der Waals surface area contributed by atoms with Gasteiger partial charge >= 0.3 is 0 Å². The second kappa shape index (κ2) is 8.80. The molecule has 1 aromatic carbocycles. The number of piperidine rings is 1. The van der Waals surface area contributed by atoms with E-state index in [0.29, 0.717) is 24.6 Å². The van der Waals surface area contributed by atoms with E-state index in [1.165, 1.54) is 24.8 Å². The fraction of sp³-hybridized carbons (Fsp3) is 0.522. The molecule has 1 saturated heterocycles. The van der Waals surface area contributed by atoms with Crippen LogP contribution in [0.15, 0.2) is 36.5 Å². The zero-order valence-corrected chi connectivity index (χ0v) is 17.1. The first-order valence-corrected chi connectivity index (χ1v) is 10.8. The normalized spacial score (nSPS) is 23.0. The minimum atomic E-state index is -0.0855. The maximum Gasteiger partial charge on any atom is 0.257 e. The highest BCUT2D eigenvalue weighted by Crippen LogP contribution is 2.34. The summed E-state index contributed by atoms with van der Waals surface area (Å²) in [6, 6.07) is 10.2. The number of aromatic amines is 1. The predicted molar refractivity (Wildman–Crippen MR) is 112 cm³/mol. The first-order valence-electron chi connectivity index (χ1n) is 10.8. The zero-order valence-electron chi connectivity index (χ0n) is 17.1. The minimum Gasteiger partial charge on any atom is -0.351 e. The Balaban J connectivity index is 1.52. The summed E-state index contributed by atoms with van der Waals surface area (Å²) < 4.78 is 0. The van der Waals surface area contributed by atoms with Gasteiger partial charge in [-0.15, -0.1) is 0 Å². The lowest BCUT2D eigenvalue weighted by molar-refractivity contribution is -0.120. The molecule has 0 radical (unpaired) electrons. The molecule has 2 heterocycles. The number of hydrogen-bond acceptors (Lipinski definition) is 3. The molecule has 1 aromatic heterocycles. The molecule has 6 nitrogen and oxygen atoms in total. The van der Waals surface area contributed by atoms with Gasteiger partial charge in [0.1, 0.15) is 0 Å². The Bertz CT molecular complexity index is 842. The number of carbonyl (C=O) groups is 2. The first-order chi connectivity index (χ1) is 14.1. The monoisotopic (exact) mass is 394 g/mol. The lowest BCUT2D eigenvalue weighted by Crippen LogP contribution is -2.52. The second-order valence-corrected chi connectivity index (χ2v) is 8.40. The maximum atomic E-state index is 13.4. The van der Waals surface area contributed by atoms with Gasteiger partial charge < -0.3 is 10.2 Å². The second-order valence-electron chi connectivity index (χ2n) is 8.40. The molecule has 2 aliphatic rings. The Hall–Kier alpha value is -2.63. The summed E-state index contributed by atoms with van der Waals surface area (Å²) in [6.45, 7) is 2.75. The van der Waals surface area contributed by atoms with Crippen molar-refractivity contribution in [1.82, 2.24) is 20.4 Å². The highest BCUT2D eigenvalue weighted by molar-refractivity contribution is 5.95. The fourth-order valence-corrected chi connectivity index (χ4v) is 4.98. The van der Waals surface area contributed by atoms with Crippen LogP contribution in [0.1, 0.15) is 78.9 Å². The molecule has 1 aliphatic carbocycles. The fourth-order valence-electron chi connectivity index (χ4n) is 4.98. The maximum absolute atomic E-state index is 13.4. The molecule has 0 bridgehead atoms. The SMILES string of the molecule is CC(=O)N[C@H]1CN(C(=O)c2cn[nH]c2C2CCCCC2)CC[C@H]1c1ccccc1. The molecule has 29 heavy (non-hydrogen) atoms. The van der Waals surface area contributed by atoms with Gasteiger partial charge in [-0.25, -0.2) is 0 Å². The van der Waals surface area contributed by atoms with Crippen molar-refractivity contribution < 1.29 is 9.59 Å². The topological polar surface area (TPSA) is 78.1 Å². The van der Waals surface area contributed by atoms with E-state index in [9.17, 15) is 9.59 Å². The molecule has 4 rings (SSSR count). The van der Waals surface area contributed by atoms with Crippen LogP contribution >= 0.6 is 0 Å². The summed E-state index contributed by atoms with van der Waals surface area (Å²) in [5.41, 5.74) is 2.91. The third-order valence-corrected chi connectivity index (χ3v) is 6.43. The van der Waals surface area contributed by atoms with Crippen LogP contribution in [0.5, 0.6) is 0 Å². The van der Waals surface area contributed by atoms with Crippen LogP contribution in [0.4, 0.5) is 0 Å². The molecule has 0 spiro atoms. The van der Waals surface area contributed by atoms with Crippen LogP contribution in [-0.4, -0.2) is 46.0 Å². The highest BCUT2D eigenvalue weighted by Gasteiger charge is 2.35. The Labute approximate surface area is 172 Å². The number of benzene rings is 1. The molecule has 2 N–H and O–H groups in total. The van der Waals surface area contributed by atoms with Gasteiger partial charge in [-0.05, 0) is 24.8 Å². The van der Waals surface area contributed by atoms with E-state index < -0.39 is 0 Å². The van der Waals surface area contributed by atoms with Crippen molar-refractivity contribution >= 4 is 11.8 Å². The predicted octanol–water partition coefficient (Wildman–Crippen LogP) is 3.59. The number of aromatic nitrogens is 2. The van der Waals surface area contributed by atoms with Crippen molar-refractivity contribution in [2.75, 3.05) is 13.1 Å². The quantitative estimate of drug-likeness (QED) is 0.832. The summed E-state index contributed by atoms with van der Waals surface area (Å²) in [7, 11) is 0. The van der Waals surface area contributed by atoms with E-state index in [2.05, 4.69) is 27.6 Å². The number of hydrogen-bond donors (Lipinski definition) is 2. The highest BCUT2D eigenvalue weighted by atomic mass is 16.2. The average molecular weight is 395 g/mol. The summed E-state index contributed by atoms with van der Waals surface area (Å²) in [5.74, 6) is 0.585. The van der Waals surface area contributed by atoms with E-state index in [0.717, 1.165) is 25.0 Å². The van der Waals surface area contributed by atoms with Gasteiger partial charge in [0, 0.05) is 31.8 Å². The van der Waals surface area contributed by atoms with Gasteiger partial charge in [0.2, 0.25) is 5.91 Å². The molecule has 2 amide bonds. The number of nitrogens with one attached hydrogen (secondary N) is 2. The van der Waals surface area contributed by atoms with Crippen LogP contribution in [-0.2, 0) is 4.79 Å². The minimum absolute atomic E-state index is 0.0289. The molecule has 0 unspecified atom stereocenters. The zero-order chi connectivity index (χ0) is 20.2. The van der Waals surface area contributed by atoms with E-state index >= 15 is 0 Å². The van der Waals surface area contributed by atoms with Crippen LogP contribution in [0, 0.1) is 0 Å². The van der Waals surface area contributed by atoms with Gasteiger partial charge in [-0.2, -0.15) is 5.10 Å². The standard InChI is InChI=1S/C23H30N4O2/c1-16(28)25-21-15-27(13-12-19(21)17-8-4-2-5-9-17)23(29)20-14-24-26-22(20)18-10-6-3-7-11-18/h2,4-5,8-9,14,18-19,21H,3,6-7,10-13,15H2,1H3,(H,24,26)(H,25,28)/t19-,21-/m0/s1. The summed E-state index contributed by atoms with van der Waals surface area (Å²) in [6.07, 6.45) is 8.45. The van der Waals surface area contributed by atoms with Crippen molar-refractivity contribution in [3.05, 3.63) is 53.3 Å². The Morgan fingerprint density at radius 2 is 1.86 bits per heavy atom. The van der Waals surface area contributed by atoms with Crippen molar-refractivity contribution in [3.8, 4) is 0 Å². The molecule has 154 valence electrons. The third kappa shape index (κ3) is 4.36. The van der Waals surface area contributed by atoms with Crippen LogP contribution in [0.2, 0.25) is 0 Å². The Morgan fingerprint density at radius 3 is 2.59 bits per heavy atom. The van der Waals surface area contributed by atoms with Gasteiger partial charge in [0.15, 0.2) is 0 Å². The summed E-state index contributed by atoms with van der Waals surface area (Å²) in [4.78, 5) is 27.1. The Kier molecular flexibility index (Phi) is 5.97. The van der Waals surface area contributed by atoms with Gasteiger partial charge in [-0.3, -0.25) is 14.7 Å². The van der Waals surface area contributed by atoms with E-state index in [-0.39, 0.29) is 23.8 Å². The molecular formula is C23H30N4O2. The number of H-pyrrole nitrogens is 1. The lowest BCUT2D eigenvalue weighted by Gasteiger charge is -2.39. The number of likely N-dealkylation sites (tertiary alicyclic amines) is 1. The Morgan fingerprint density at radius 1 is 1.10 bits per heavy atom. The molecule has 6 heteroatoms. The number of rotatable bonds is 4. The van der Waals surface area contributed by atoms with Crippen molar-refractivity contribution in [3.63, 3.8) is 0 Å². The van der Waals surface area contributed by atoms with Crippen LogP contribution < -0.4 is 5.32 Å². The van der Waals surface area contributed by atoms with E-state index in [1.807, 2.05) is 23.1 Å². The largest absolute Gasteiger partial charge is 0.351 e. The van der Waals surface area contributed by atoms with Gasteiger partial charge in [0.05, 0.1) is 23.5 Å². The van der Waals surface area contributed by atoms with Gasteiger partial charge in [-0.1, -0.05) is 49.6 Å². The van der Waals surface area contributed by atoms with Crippen molar-refractivity contribution in [2.24, 2.45) is 0 Å². The molecule has 2 atom stereocenters. The smallest absolute Gasteiger partial charge is 0.257 e. The molecular weight excluding hydrogens is 364 g/mol. The molecule has 2 aromatic rings. The molecule has 1 saturated carbocycles. The molecule has 1 aliphatic heterocycles. The first kappa shape index (κ1) is 19.7. The van der Waals surface area contributed by atoms with Gasteiger partial charge in [0.25, 0.3) is 5.91 Å². The third-order valence-electron chi connectivity index (χ3n) is 6.43. The average Bonchev–Trinajstić information content (AvgIpc) is 3.24. The van der Waals surface area contributed by atoms with Crippen molar-refractivity contribution in [2.45, 2.75) is 63.3 Å². The van der Waals surface area contributed by atoms with Crippen LogP contribution in [0.25, 0.3) is 0 Å². The summed E-state index contributed by atoms with van der Waals surface area (Å²) >= 11 is 0. The lowest BCUT2D eigenvalue weighted by atomic mass is 9.84. The summed E-state index contributed by atoms with van der Waals surface area (Å²) in [5, 5.41) is 10.4. The number of carbonyl (C=O) groups excluding carboxylic acids is 2. The van der Waals surface area contributed by atoms with E-state index in [1.54, 1.807) is 13.1 Å². The number of nitrogens with zero attached hydrogens (tertiary/aromatic N) is 2.